The van der Waals surface area contributed by atoms with Crippen LogP contribution in [0.4, 0.5) is 4.79 Å². The van der Waals surface area contributed by atoms with E-state index >= 15 is 0 Å². The minimum Gasteiger partial charge on any atom is -0.481 e. The first-order valence-electron chi connectivity index (χ1n) is 7.56. The summed E-state index contributed by atoms with van der Waals surface area (Å²) < 4.78 is 5.22. The lowest BCUT2D eigenvalue weighted by atomic mass is 10.2. The number of ether oxygens (including phenoxy) is 1. The van der Waals surface area contributed by atoms with Crippen molar-refractivity contribution in [3.8, 4) is 0 Å². The number of nitrogens with zero attached hydrogens (tertiary/aromatic N) is 1. The van der Waals surface area contributed by atoms with Crippen molar-refractivity contribution in [2.45, 2.75) is 20.0 Å². The van der Waals surface area contributed by atoms with Gasteiger partial charge in [0.1, 0.15) is 12.8 Å². The van der Waals surface area contributed by atoms with Gasteiger partial charge in [-0.3, -0.25) is 4.79 Å². The largest absolute Gasteiger partial charge is 0.481 e. The summed E-state index contributed by atoms with van der Waals surface area (Å²) in [4.78, 5) is 45.0. The van der Waals surface area contributed by atoms with Crippen LogP contribution in [0, 0.1) is 5.92 Å². The molecule has 0 aliphatic carbocycles. The predicted molar refractivity (Wildman–Crippen MR) is 89.1 cm³/mol. The van der Waals surface area contributed by atoms with E-state index in [1.165, 1.54) is 11.8 Å². The minimum absolute atomic E-state index is 0.0775. The number of hydrogen-bond donors (Lipinski definition) is 3. The zero-order chi connectivity index (χ0) is 17.7. The van der Waals surface area contributed by atoms with Crippen LogP contribution in [0.1, 0.15) is 18.9 Å². The first-order chi connectivity index (χ1) is 11.3. The van der Waals surface area contributed by atoms with E-state index in [0.717, 1.165) is 5.56 Å². The van der Waals surface area contributed by atoms with Crippen LogP contribution in [0.25, 0.3) is 0 Å². The van der Waals surface area contributed by atoms with E-state index in [9.17, 15) is 19.4 Å². The molecule has 1 amide bonds. The van der Waals surface area contributed by atoms with Crippen molar-refractivity contribution in [2.24, 2.45) is 5.92 Å². The van der Waals surface area contributed by atoms with Gasteiger partial charge in [0, 0.05) is 6.54 Å². The summed E-state index contributed by atoms with van der Waals surface area (Å²) in [6, 6.07) is 9.15. The number of carboxylic acids is 1. The Morgan fingerprint density at radius 2 is 1.96 bits per heavy atom. The smallest absolute Gasteiger partial charge is 0.417 e. The van der Waals surface area contributed by atoms with E-state index in [-0.39, 0.29) is 24.8 Å². The van der Waals surface area contributed by atoms with E-state index < -0.39 is 25.7 Å². The van der Waals surface area contributed by atoms with Crippen LogP contribution in [-0.2, 0) is 16.1 Å². The van der Waals surface area contributed by atoms with Gasteiger partial charge in [-0.15, -0.1) is 0 Å². The van der Waals surface area contributed by atoms with Gasteiger partial charge in [-0.2, -0.15) is 0 Å². The molecule has 1 unspecified atom stereocenters. The van der Waals surface area contributed by atoms with E-state index in [1.54, 1.807) is 6.08 Å². The van der Waals surface area contributed by atoms with Gasteiger partial charge in [-0.25, -0.2) is 19.5 Å². The molecule has 1 aromatic carbocycles. The fourth-order valence-electron chi connectivity index (χ4n) is 2.42. The zero-order valence-corrected chi connectivity index (χ0v) is 14.2. The first kappa shape index (κ1) is 18.4. The number of hydrogen-bond acceptors (Lipinski definition) is 5. The molecule has 2 rings (SSSR count). The number of benzene rings is 1. The number of amides is 1. The Morgan fingerprint density at radius 3 is 2.58 bits per heavy atom. The molecule has 0 radical (unpaired) electrons. The topological polar surface area (TPSA) is 107 Å². The molecule has 0 fully saturated rings. The summed E-state index contributed by atoms with van der Waals surface area (Å²) in [5.74, 6) is -2.03. The average Bonchev–Trinajstić information content (AvgIpc) is 3.03. The second-order valence-electron chi connectivity index (χ2n) is 5.70. The Kier molecular flexibility index (Phi) is 5.94. The Balaban J connectivity index is 2.01. The van der Waals surface area contributed by atoms with Crippen LogP contribution >= 0.6 is 7.72 Å². The van der Waals surface area contributed by atoms with Crippen LogP contribution < -0.4 is 0 Å². The molecule has 3 N–H and O–H groups in total. The predicted octanol–water partition coefficient (Wildman–Crippen LogP) is 2.42. The van der Waals surface area contributed by atoms with E-state index in [1.807, 2.05) is 30.3 Å². The maximum atomic E-state index is 12.2. The average molecular weight is 354 g/mol. The van der Waals surface area contributed by atoms with Crippen molar-refractivity contribution in [1.82, 2.24) is 4.90 Å². The van der Waals surface area contributed by atoms with Crippen molar-refractivity contribution in [2.75, 3.05) is 12.7 Å². The molecule has 0 aromatic heterocycles. The molecule has 0 spiro atoms. The lowest BCUT2D eigenvalue weighted by Crippen LogP contribution is -2.31. The van der Waals surface area contributed by atoms with E-state index in [2.05, 4.69) is 0 Å². The SMILES string of the molecule is CC(C[P+](O)(O)C1=CCCN1C(=O)OCc1ccccc1)C(=O)O. The Labute approximate surface area is 140 Å². The van der Waals surface area contributed by atoms with Gasteiger partial charge in [-0.05, 0) is 25.0 Å². The van der Waals surface area contributed by atoms with Crippen LogP contribution in [0.2, 0.25) is 0 Å². The molecule has 24 heavy (non-hydrogen) atoms. The van der Waals surface area contributed by atoms with Crippen LogP contribution in [-0.4, -0.2) is 44.6 Å². The van der Waals surface area contributed by atoms with Crippen molar-refractivity contribution in [1.29, 1.82) is 0 Å². The van der Waals surface area contributed by atoms with Crippen LogP contribution in [0.15, 0.2) is 41.8 Å². The van der Waals surface area contributed by atoms with Gasteiger partial charge in [0.05, 0.1) is 5.92 Å². The standard InChI is InChI=1S/C16H20NO6P/c1-12(15(18)19)11-24(21,22)14-8-5-9-17(14)16(20)23-10-13-6-3-2-4-7-13/h2-4,6-8,12,21-22H,5,9-11H2,1H3/p+1. The number of carboxylic acid groups (broad SMARTS) is 1. The lowest BCUT2D eigenvalue weighted by molar-refractivity contribution is -0.140. The van der Waals surface area contributed by atoms with Gasteiger partial charge in [0.25, 0.3) is 0 Å². The van der Waals surface area contributed by atoms with Crippen molar-refractivity contribution >= 4 is 19.8 Å². The lowest BCUT2D eigenvalue weighted by Gasteiger charge is -2.23. The normalized spacial score (nSPS) is 15.8. The summed E-state index contributed by atoms with van der Waals surface area (Å²) in [5, 5.41) is 8.94. The quantitative estimate of drug-likeness (QED) is 0.677. The minimum atomic E-state index is -3.70. The summed E-state index contributed by atoms with van der Waals surface area (Å²) in [6.07, 6.45) is 1.06. The third kappa shape index (κ3) is 4.54. The molecule has 8 heteroatoms. The summed E-state index contributed by atoms with van der Waals surface area (Å²) in [5.41, 5.74) is 0.901. The molecule has 1 heterocycles. The van der Waals surface area contributed by atoms with Crippen LogP contribution in [0.3, 0.4) is 0 Å². The number of rotatable bonds is 6. The highest BCUT2D eigenvalue weighted by molar-refractivity contribution is 7.68. The fourth-order valence-corrected chi connectivity index (χ4v) is 4.52. The maximum Gasteiger partial charge on any atom is 0.417 e. The van der Waals surface area contributed by atoms with Crippen molar-refractivity contribution in [3.63, 3.8) is 0 Å². The molecule has 0 saturated carbocycles. The summed E-state index contributed by atoms with van der Waals surface area (Å²) in [7, 11) is -3.70. The van der Waals surface area contributed by atoms with E-state index in [4.69, 9.17) is 9.84 Å². The highest BCUT2D eigenvalue weighted by Gasteiger charge is 2.49. The number of aliphatic carboxylic acids is 1. The van der Waals surface area contributed by atoms with E-state index in [0.29, 0.717) is 6.42 Å². The third-order valence-electron chi connectivity index (χ3n) is 3.70. The Hall–Kier alpha value is -1.95. The maximum absolute atomic E-state index is 12.2. The Bertz CT molecular complexity index is 631. The summed E-state index contributed by atoms with van der Waals surface area (Å²) >= 11 is 0. The molecule has 7 nitrogen and oxygen atoms in total. The first-order valence-corrected chi connectivity index (χ1v) is 9.44. The molecule has 1 aromatic rings. The van der Waals surface area contributed by atoms with Gasteiger partial charge < -0.3 is 9.84 Å². The molecule has 1 aliphatic heterocycles. The van der Waals surface area contributed by atoms with Crippen LogP contribution in [0.5, 0.6) is 0 Å². The third-order valence-corrected chi connectivity index (χ3v) is 5.91. The fraction of sp³-hybridized carbons (Fsp3) is 0.375. The number of carbonyl (C=O) groups excluding carboxylic acids is 1. The van der Waals surface area contributed by atoms with Crippen molar-refractivity contribution < 1.29 is 29.2 Å². The molecule has 1 aliphatic rings. The second-order valence-corrected chi connectivity index (χ2v) is 7.98. The number of carbonyl (C=O) groups is 2. The summed E-state index contributed by atoms with van der Waals surface area (Å²) in [6.45, 7) is 1.77. The molecular formula is C16H21NO6P+. The highest BCUT2D eigenvalue weighted by Crippen LogP contribution is 2.61. The van der Waals surface area contributed by atoms with Crippen molar-refractivity contribution in [3.05, 3.63) is 47.4 Å². The van der Waals surface area contributed by atoms with Gasteiger partial charge in [0.15, 0.2) is 0 Å². The Morgan fingerprint density at radius 1 is 1.29 bits per heavy atom. The highest BCUT2D eigenvalue weighted by atomic mass is 31.2. The monoisotopic (exact) mass is 354 g/mol. The van der Waals surface area contributed by atoms with Gasteiger partial charge in [-0.1, -0.05) is 30.3 Å². The molecule has 0 bridgehead atoms. The second kappa shape index (κ2) is 7.75. The van der Waals surface area contributed by atoms with Gasteiger partial charge >= 0.3 is 19.8 Å². The molecular weight excluding hydrogens is 333 g/mol. The molecule has 0 saturated heterocycles. The zero-order valence-electron chi connectivity index (χ0n) is 13.3. The molecule has 130 valence electrons. The molecule has 1 atom stereocenters. The van der Waals surface area contributed by atoms with Gasteiger partial charge in [0.2, 0.25) is 5.44 Å².